The molecule has 1 amide bonds. The van der Waals surface area contributed by atoms with E-state index in [2.05, 4.69) is 0 Å². The van der Waals surface area contributed by atoms with Gasteiger partial charge in [-0.2, -0.15) is 0 Å². The lowest BCUT2D eigenvalue weighted by Crippen LogP contribution is -2.33. The van der Waals surface area contributed by atoms with Crippen LogP contribution in [0.3, 0.4) is 0 Å². The summed E-state index contributed by atoms with van der Waals surface area (Å²) < 4.78 is 0. The number of ketones is 1. The van der Waals surface area contributed by atoms with Crippen LogP contribution in [0.2, 0.25) is 0 Å². The molecule has 14 heavy (non-hydrogen) atoms. The molecule has 0 saturated carbocycles. The first kappa shape index (κ1) is 12.9. The van der Waals surface area contributed by atoms with Crippen molar-refractivity contribution in [2.24, 2.45) is 5.92 Å². The first-order chi connectivity index (χ1) is 6.50. The topological polar surface area (TPSA) is 37.4 Å². The third-order valence-electron chi connectivity index (χ3n) is 2.00. The van der Waals surface area contributed by atoms with E-state index in [4.69, 9.17) is 0 Å². The lowest BCUT2D eigenvalue weighted by Gasteiger charge is -2.16. The molecule has 0 bridgehead atoms. The molecular formula is C11H19NO2. The molecule has 0 fully saturated rings. The van der Waals surface area contributed by atoms with E-state index >= 15 is 0 Å². The average Bonchev–Trinajstić information content (AvgIpc) is 2.10. The van der Waals surface area contributed by atoms with Gasteiger partial charge in [0.1, 0.15) is 5.78 Å². The second-order valence-corrected chi connectivity index (χ2v) is 3.51. The SMILES string of the molecule is CC/C=C\CC(C(C)=O)C(=O)N(C)C. The van der Waals surface area contributed by atoms with Crippen LogP contribution in [-0.2, 0) is 9.59 Å². The highest BCUT2D eigenvalue weighted by Crippen LogP contribution is 2.09. The summed E-state index contributed by atoms with van der Waals surface area (Å²) in [6, 6.07) is 0. The third kappa shape index (κ3) is 4.21. The maximum absolute atomic E-state index is 11.5. The molecule has 3 nitrogen and oxygen atoms in total. The molecule has 0 aromatic rings. The molecule has 80 valence electrons. The predicted molar refractivity (Wildman–Crippen MR) is 56.9 cm³/mol. The zero-order valence-electron chi connectivity index (χ0n) is 9.41. The molecule has 0 aliphatic carbocycles. The molecule has 1 atom stereocenters. The standard InChI is InChI=1S/C11H19NO2/c1-5-6-7-8-10(9(2)13)11(14)12(3)4/h6-7,10H,5,8H2,1-4H3/b7-6-. The van der Waals surface area contributed by atoms with Gasteiger partial charge in [-0.3, -0.25) is 9.59 Å². The van der Waals surface area contributed by atoms with Crippen LogP contribution in [0.1, 0.15) is 26.7 Å². The van der Waals surface area contributed by atoms with E-state index < -0.39 is 5.92 Å². The van der Waals surface area contributed by atoms with Gasteiger partial charge in [-0.05, 0) is 19.8 Å². The number of nitrogens with zero attached hydrogens (tertiary/aromatic N) is 1. The Morgan fingerprint density at radius 3 is 2.21 bits per heavy atom. The minimum Gasteiger partial charge on any atom is -0.348 e. The van der Waals surface area contributed by atoms with Gasteiger partial charge in [0.2, 0.25) is 5.91 Å². The number of allylic oxidation sites excluding steroid dienone is 2. The van der Waals surface area contributed by atoms with Crippen molar-refractivity contribution in [1.82, 2.24) is 4.90 Å². The Morgan fingerprint density at radius 2 is 1.86 bits per heavy atom. The summed E-state index contributed by atoms with van der Waals surface area (Å²) in [7, 11) is 3.34. The molecule has 0 saturated heterocycles. The summed E-state index contributed by atoms with van der Waals surface area (Å²) in [5.41, 5.74) is 0. The Labute approximate surface area is 85.8 Å². The monoisotopic (exact) mass is 197 g/mol. The van der Waals surface area contributed by atoms with Crippen LogP contribution in [0.15, 0.2) is 12.2 Å². The second kappa shape index (κ2) is 6.35. The molecule has 3 heteroatoms. The molecule has 0 spiro atoms. The lowest BCUT2D eigenvalue weighted by molar-refractivity contribution is -0.138. The van der Waals surface area contributed by atoms with E-state index in [1.807, 2.05) is 19.1 Å². The number of Topliss-reactive ketones (excluding diaryl/α,β-unsaturated/α-hetero) is 1. The third-order valence-corrected chi connectivity index (χ3v) is 2.00. The molecule has 0 rings (SSSR count). The first-order valence-corrected chi connectivity index (χ1v) is 4.87. The van der Waals surface area contributed by atoms with Crippen LogP contribution in [0.25, 0.3) is 0 Å². The van der Waals surface area contributed by atoms with E-state index in [0.717, 1.165) is 6.42 Å². The Balaban J connectivity index is 4.37. The van der Waals surface area contributed by atoms with Gasteiger partial charge < -0.3 is 4.90 Å². The van der Waals surface area contributed by atoms with E-state index in [-0.39, 0.29) is 11.7 Å². The molecule has 0 aliphatic heterocycles. The molecule has 0 N–H and O–H groups in total. The van der Waals surface area contributed by atoms with Gasteiger partial charge in [0, 0.05) is 14.1 Å². The summed E-state index contributed by atoms with van der Waals surface area (Å²) in [6.07, 6.45) is 5.31. The number of hydrogen-bond donors (Lipinski definition) is 0. The number of carbonyl (C=O) groups is 2. The van der Waals surface area contributed by atoms with Gasteiger partial charge in [0.15, 0.2) is 0 Å². The molecule has 0 radical (unpaired) electrons. The largest absolute Gasteiger partial charge is 0.348 e. The highest BCUT2D eigenvalue weighted by molar-refractivity contribution is 6.00. The Hall–Kier alpha value is -1.12. The Kier molecular flexibility index (Phi) is 5.84. The number of hydrogen-bond acceptors (Lipinski definition) is 2. The molecule has 0 aliphatic rings. The van der Waals surface area contributed by atoms with Crippen molar-refractivity contribution in [1.29, 1.82) is 0 Å². The van der Waals surface area contributed by atoms with Crippen LogP contribution >= 0.6 is 0 Å². The Morgan fingerprint density at radius 1 is 1.29 bits per heavy atom. The van der Waals surface area contributed by atoms with Crippen molar-refractivity contribution in [2.75, 3.05) is 14.1 Å². The normalized spacial score (nSPS) is 12.9. The number of carbonyl (C=O) groups excluding carboxylic acids is 2. The van der Waals surface area contributed by atoms with Crippen molar-refractivity contribution >= 4 is 11.7 Å². The van der Waals surface area contributed by atoms with Crippen LogP contribution in [0.5, 0.6) is 0 Å². The smallest absolute Gasteiger partial charge is 0.232 e. The van der Waals surface area contributed by atoms with Crippen molar-refractivity contribution in [3.05, 3.63) is 12.2 Å². The van der Waals surface area contributed by atoms with Crippen LogP contribution < -0.4 is 0 Å². The fraction of sp³-hybridized carbons (Fsp3) is 0.636. The van der Waals surface area contributed by atoms with Crippen molar-refractivity contribution in [3.63, 3.8) is 0 Å². The van der Waals surface area contributed by atoms with Crippen LogP contribution in [0.4, 0.5) is 0 Å². The minimum atomic E-state index is -0.507. The minimum absolute atomic E-state index is 0.0653. The molecule has 0 aromatic carbocycles. The molecular weight excluding hydrogens is 178 g/mol. The molecule has 0 aromatic heterocycles. The van der Waals surface area contributed by atoms with Gasteiger partial charge >= 0.3 is 0 Å². The van der Waals surface area contributed by atoms with E-state index in [0.29, 0.717) is 6.42 Å². The van der Waals surface area contributed by atoms with Gasteiger partial charge in [0.05, 0.1) is 5.92 Å². The number of amides is 1. The molecule has 1 unspecified atom stereocenters. The van der Waals surface area contributed by atoms with E-state index in [1.54, 1.807) is 14.1 Å². The summed E-state index contributed by atoms with van der Waals surface area (Å²) >= 11 is 0. The maximum Gasteiger partial charge on any atom is 0.232 e. The van der Waals surface area contributed by atoms with Gasteiger partial charge in [-0.25, -0.2) is 0 Å². The quantitative estimate of drug-likeness (QED) is 0.496. The second-order valence-electron chi connectivity index (χ2n) is 3.51. The zero-order chi connectivity index (χ0) is 11.1. The van der Waals surface area contributed by atoms with E-state index in [9.17, 15) is 9.59 Å². The van der Waals surface area contributed by atoms with Crippen molar-refractivity contribution < 1.29 is 9.59 Å². The average molecular weight is 197 g/mol. The summed E-state index contributed by atoms with van der Waals surface area (Å²) in [5, 5.41) is 0. The lowest BCUT2D eigenvalue weighted by atomic mass is 9.99. The van der Waals surface area contributed by atoms with Crippen molar-refractivity contribution in [3.8, 4) is 0 Å². The fourth-order valence-corrected chi connectivity index (χ4v) is 1.15. The predicted octanol–water partition coefficient (Wildman–Crippen LogP) is 1.64. The van der Waals surface area contributed by atoms with Crippen molar-refractivity contribution in [2.45, 2.75) is 26.7 Å². The summed E-state index contributed by atoms with van der Waals surface area (Å²) in [6.45, 7) is 3.49. The first-order valence-electron chi connectivity index (χ1n) is 4.87. The highest BCUT2D eigenvalue weighted by atomic mass is 16.2. The van der Waals surface area contributed by atoms with Crippen LogP contribution in [0, 0.1) is 5.92 Å². The van der Waals surface area contributed by atoms with Gasteiger partial charge in [0.25, 0.3) is 0 Å². The molecule has 0 heterocycles. The number of rotatable bonds is 5. The maximum atomic E-state index is 11.5. The summed E-state index contributed by atoms with van der Waals surface area (Å²) in [5.74, 6) is -0.685. The van der Waals surface area contributed by atoms with Gasteiger partial charge in [-0.15, -0.1) is 0 Å². The van der Waals surface area contributed by atoms with Crippen LogP contribution in [-0.4, -0.2) is 30.7 Å². The Bertz CT molecular complexity index is 231. The highest BCUT2D eigenvalue weighted by Gasteiger charge is 2.22. The summed E-state index contributed by atoms with van der Waals surface area (Å²) in [4.78, 5) is 24.2. The van der Waals surface area contributed by atoms with Gasteiger partial charge in [-0.1, -0.05) is 19.1 Å². The van der Waals surface area contributed by atoms with E-state index in [1.165, 1.54) is 11.8 Å². The fourth-order valence-electron chi connectivity index (χ4n) is 1.15. The zero-order valence-corrected chi connectivity index (χ0v) is 9.41.